The number of piperidine rings is 1. The number of aromatic nitrogens is 4. The lowest BCUT2D eigenvalue weighted by Gasteiger charge is -2.39. The standard InChI is InChI=1S/C21H27F2N5O2/c22-21(23)8-6-13(7-9-21)28-18-16(12-24-28)19(29)26-17(25-18)14-4-5-15(14)20(30)27-10-2-1-3-11-27/h12-15H,1-11H2,(H,25,26,29)/t14-,15-/m0/s1. The second kappa shape index (κ2) is 7.42. The molecule has 0 spiro atoms. The van der Waals surface area contributed by atoms with E-state index in [0.29, 0.717) is 29.7 Å². The summed E-state index contributed by atoms with van der Waals surface area (Å²) in [4.78, 5) is 35.1. The van der Waals surface area contributed by atoms with Gasteiger partial charge in [0.2, 0.25) is 11.8 Å². The highest BCUT2D eigenvalue weighted by atomic mass is 19.3. The molecule has 3 heterocycles. The quantitative estimate of drug-likeness (QED) is 0.827. The Kier molecular flexibility index (Phi) is 4.86. The van der Waals surface area contributed by atoms with Crippen LogP contribution in [0.15, 0.2) is 11.0 Å². The monoisotopic (exact) mass is 419 g/mol. The summed E-state index contributed by atoms with van der Waals surface area (Å²) >= 11 is 0. The summed E-state index contributed by atoms with van der Waals surface area (Å²) in [6.45, 7) is 1.62. The van der Waals surface area contributed by atoms with Crippen molar-refractivity contribution in [3.8, 4) is 0 Å². The summed E-state index contributed by atoms with van der Waals surface area (Å²) in [5, 5.41) is 4.68. The molecule has 2 atom stereocenters. The molecule has 2 aliphatic carbocycles. The average molecular weight is 419 g/mol. The van der Waals surface area contributed by atoms with E-state index in [9.17, 15) is 18.4 Å². The maximum Gasteiger partial charge on any atom is 0.262 e. The Morgan fingerprint density at radius 1 is 1.10 bits per heavy atom. The maximum absolute atomic E-state index is 13.6. The van der Waals surface area contributed by atoms with Crippen molar-refractivity contribution in [2.75, 3.05) is 13.1 Å². The molecule has 1 N–H and O–H groups in total. The summed E-state index contributed by atoms with van der Waals surface area (Å²) in [7, 11) is 0. The number of alkyl halides is 2. The molecule has 1 amide bonds. The number of halogens is 2. The molecule has 162 valence electrons. The van der Waals surface area contributed by atoms with Gasteiger partial charge in [0, 0.05) is 37.8 Å². The summed E-state index contributed by atoms with van der Waals surface area (Å²) in [5.41, 5.74) is 0.165. The lowest BCUT2D eigenvalue weighted by atomic mass is 9.72. The number of fused-ring (bicyclic) bond motifs is 1. The van der Waals surface area contributed by atoms with Crippen LogP contribution >= 0.6 is 0 Å². The van der Waals surface area contributed by atoms with Crippen LogP contribution in [0.2, 0.25) is 0 Å². The predicted molar refractivity (Wildman–Crippen MR) is 106 cm³/mol. The molecular weight excluding hydrogens is 392 g/mol. The van der Waals surface area contributed by atoms with Gasteiger partial charge in [-0.2, -0.15) is 5.10 Å². The zero-order chi connectivity index (χ0) is 20.9. The van der Waals surface area contributed by atoms with Crippen LogP contribution < -0.4 is 5.56 Å². The molecule has 2 aromatic heterocycles. The number of carbonyl (C=O) groups is 1. The van der Waals surface area contributed by atoms with E-state index in [2.05, 4.69) is 10.1 Å². The topological polar surface area (TPSA) is 83.9 Å². The van der Waals surface area contributed by atoms with Gasteiger partial charge in [0.25, 0.3) is 5.56 Å². The van der Waals surface area contributed by atoms with E-state index in [-0.39, 0.29) is 42.2 Å². The van der Waals surface area contributed by atoms with Crippen LogP contribution in [0.25, 0.3) is 11.0 Å². The number of nitrogens with one attached hydrogen (secondary N) is 1. The molecule has 9 heteroatoms. The third-order valence-corrected chi connectivity index (χ3v) is 7.12. The van der Waals surface area contributed by atoms with Gasteiger partial charge in [0.05, 0.1) is 12.2 Å². The molecule has 30 heavy (non-hydrogen) atoms. The Morgan fingerprint density at radius 3 is 2.50 bits per heavy atom. The van der Waals surface area contributed by atoms with Crippen molar-refractivity contribution >= 4 is 16.9 Å². The minimum Gasteiger partial charge on any atom is -0.342 e. The van der Waals surface area contributed by atoms with Crippen molar-refractivity contribution in [1.82, 2.24) is 24.6 Å². The fourth-order valence-electron chi connectivity index (χ4n) is 5.14. The number of likely N-dealkylation sites (tertiary alicyclic amines) is 1. The molecule has 2 aromatic rings. The van der Waals surface area contributed by atoms with E-state index in [1.165, 1.54) is 12.6 Å². The molecule has 2 saturated carbocycles. The van der Waals surface area contributed by atoms with Crippen LogP contribution in [0.1, 0.15) is 75.6 Å². The van der Waals surface area contributed by atoms with Gasteiger partial charge in [-0.05, 0) is 44.9 Å². The van der Waals surface area contributed by atoms with Gasteiger partial charge in [-0.15, -0.1) is 0 Å². The number of nitrogens with zero attached hydrogens (tertiary/aromatic N) is 4. The Balaban J connectivity index is 1.41. The smallest absolute Gasteiger partial charge is 0.262 e. The fourth-order valence-corrected chi connectivity index (χ4v) is 5.14. The highest BCUT2D eigenvalue weighted by Crippen LogP contribution is 2.43. The van der Waals surface area contributed by atoms with Crippen LogP contribution in [-0.2, 0) is 4.79 Å². The number of amides is 1. The van der Waals surface area contributed by atoms with Crippen molar-refractivity contribution in [2.24, 2.45) is 5.92 Å². The lowest BCUT2D eigenvalue weighted by Crippen LogP contribution is -2.45. The van der Waals surface area contributed by atoms with Gasteiger partial charge < -0.3 is 9.88 Å². The Bertz CT molecular complexity index is 1000. The van der Waals surface area contributed by atoms with Crippen LogP contribution in [0.5, 0.6) is 0 Å². The van der Waals surface area contributed by atoms with Gasteiger partial charge in [-0.1, -0.05) is 0 Å². The first-order valence-corrected chi connectivity index (χ1v) is 11.1. The normalized spacial score (nSPS) is 27.2. The van der Waals surface area contributed by atoms with Crippen LogP contribution in [0, 0.1) is 5.92 Å². The number of carbonyl (C=O) groups excluding carboxylic acids is 1. The first-order valence-electron chi connectivity index (χ1n) is 11.1. The molecule has 0 aromatic carbocycles. The van der Waals surface area contributed by atoms with Crippen LogP contribution in [0.4, 0.5) is 8.78 Å². The zero-order valence-electron chi connectivity index (χ0n) is 16.9. The first-order chi connectivity index (χ1) is 14.4. The lowest BCUT2D eigenvalue weighted by molar-refractivity contribution is -0.140. The molecule has 3 fully saturated rings. The number of aromatic amines is 1. The highest BCUT2D eigenvalue weighted by Gasteiger charge is 2.42. The molecule has 0 bridgehead atoms. The van der Waals surface area contributed by atoms with Gasteiger partial charge in [0.15, 0.2) is 5.65 Å². The van der Waals surface area contributed by atoms with E-state index < -0.39 is 5.92 Å². The Labute approximate surface area is 172 Å². The third kappa shape index (κ3) is 3.41. The predicted octanol–water partition coefficient (Wildman–Crippen LogP) is 3.38. The molecular formula is C21H27F2N5O2. The summed E-state index contributed by atoms with van der Waals surface area (Å²) in [5.74, 6) is -2.18. The van der Waals surface area contributed by atoms with Crippen molar-refractivity contribution in [2.45, 2.75) is 75.7 Å². The molecule has 3 aliphatic rings. The molecule has 7 nitrogen and oxygen atoms in total. The van der Waals surface area contributed by atoms with Crippen molar-refractivity contribution < 1.29 is 13.6 Å². The third-order valence-electron chi connectivity index (χ3n) is 7.12. The van der Waals surface area contributed by atoms with E-state index in [1.807, 2.05) is 4.90 Å². The zero-order valence-corrected chi connectivity index (χ0v) is 16.9. The number of H-pyrrole nitrogens is 1. The second-order valence-corrected chi connectivity index (χ2v) is 9.04. The van der Waals surface area contributed by atoms with Gasteiger partial charge in [0.1, 0.15) is 11.2 Å². The average Bonchev–Trinajstić information content (AvgIpc) is 3.12. The van der Waals surface area contributed by atoms with Crippen molar-refractivity contribution in [1.29, 1.82) is 0 Å². The van der Waals surface area contributed by atoms with E-state index in [4.69, 9.17) is 4.98 Å². The minimum atomic E-state index is -2.62. The molecule has 5 rings (SSSR count). The van der Waals surface area contributed by atoms with Crippen LogP contribution in [0.3, 0.4) is 0 Å². The largest absolute Gasteiger partial charge is 0.342 e. The number of rotatable bonds is 3. The van der Waals surface area contributed by atoms with Crippen molar-refractivity contribution in [3.63, 3.8) is 0 Å². The van der Waals surface area contributed by atoms with Gasteiger partial charge >= 0.3 is 0 Å². The summed E-state index contributed by atoms with van der Waals surface area (Å²) in [6.07, 6.45) is 6.61. The van der Waals surface area contributed by atoms with E-state index >= 15 is 0 Å². The van der Waals surface area contributed by atoms with Gasteiger partial charge in [-0.25, -0.2) is 18.4 Å². The van der Waals surface area contributed by atoms with Crippen LogP contribution in [-0.4, -0.2) is 49.6 Å². The van der Waals surface area contributed by atoms with Gasteiger partial charge in [-0.3, -0.25) is 9.59 Å². The Morgan fingerprint density at radius 2 is 1.83 bits per heavy atom. The first kappa shape index (κ1) is 19.6. The number of hydrogen-bond donors (Lipinski definition) is 1. The van der Waals surface area contributed by atoms with E-state index in [1.54, 1.807) is 4.68 Å². The molecule has 0 unspecified atom stereocenters. The molecule has 1 saturated heterocycles. The SMILES string of the molecule is O=C([C@H]1CC[C@@H]1c1nc2c(cnn2C2CCC(F)(F)CC2)c(=O)[nH]1)N1CCCCC1. The fraction of sp³-hybridized carbons (Fsp3) is 0.714. The Hall–Kier alpha value is -2.32. The summed E-state index contributed by atoms with van der Waals surface area (Å²) in [6, 6.07) is -0.184. The molecule has 1 aliphatic heterocycles. The maximum atomic E-state index is 13.6. The molecule has 0 radical (unpaired) electrons. The van der Waals surface area contributed by atoms with E-state index in [0.717, 1.165) is 38.8 Å². The highest BCUT2D eigenvalue weighted by molar-refractivity contribution is 5.81. The second-order valence-electron chi connectivity index (χ2n) is 9.04. The number of hydrogen-bond acceptors (Lipinski definition) is 4. The minimum absolute atomic E-state index is 0.101. The van der Waals surface area contributed by atoms with Crippen molar-refractivity contribution in [3.05, 3.63) is 22.4 Å². The summed E-state index contributed by atoms with van der Waals surface area (Å²) < 4.78 is 28.8.